The second-order valence-electron chi connectivity index (χ2n) is 8.48. The molecule has 0 unspecified atom stereocenters. The zero-order valence-electron chi connectivity index (χ0n) is 19.4. The number of hydrogen-bond donors (Lipinski definition) is 2. The predicted molar refractivity (Wildman–Crippen MR) is 130 cm³/mol. The van der Waals surface area contributed by atoms with Crippen LogP contribution in [0.15, 0.2) is 66.9 Å². The van der Waals surface area contributed by atoms with Crippen LogP contribution in [0.3, 0.4) is 0 Å². The van der Waals surface area contributed by atoms with Gasteiger partial charge in [0.25, 0.3) is 11.8 Å². The third kappa shape index (κ3) is 5.00. The number of nitrogens with one attached hydrogen (secondary N) is 1. The van der Waals surface area contributed by atoms with Gasteiger partial charge in [-0.05, 0) is 36.4 Å². The van der Waals surface area contributed by atoms with E-state index in [-0.39, 0.29) is 31.4 Å². The molecular formula is C27H23N3O6. The maximum atomic E-state index is 13.1. The van der Waals surface area contributed by atoms with Crippen LogP contribution < -0.4 is 19.7 Å². The Kier molecular flexibility index (Phi) is 6.29. The summed E-state index contributed by atoms with van der Waals surface area (Å²) in [6.07, 6.45) is 1.47. The second kappa shape index (κ2) is 9.70. The van der Waals surface area contributed by atoms with E-state index < -0.39 is 17.6 Å². The molecule has 3 heterocycles. The lowest BCUT2D eigenvalue weighted by atomic mass is 10.0. The molecule has 9 heteroatoms. The number of benzene rings is 2. The molecule has 3 aromatic rings. The molecule has 2 aliphatic heterocycles. The second-order valence-corrected chi connectivity index (χ2v) is 8.48. The number of likely N-dealkylation sites (N-methyl/N-ethyl adjacent to an activating group) is 1. The predicted octanol–water partition coefficient (Wildman–Crippen LogP) is 2.14. The van der Waals surface area contributed by atoms with E-state index in [0.717, 1.165) is 0 Å². The molecule has 0 aliphatic carbocycles. The van der Waals surface area contributed by atoms with E-state index in [1.165, 1.54) is 17.2 Å². The topological polar surface area (TPSA) is 110 Å². The van der Waals surface area contributed by atoms with E-state index in [0.29, 0.717) is 28.5 Å². The largest absolute Gasteiger partial charge is 0.489 e. The average molecular weight is 485 g/mol. The van der Waals surface area contributed by atoms with E-state index in [1.807, 2.05) is 18.2 Å². The number of carbonyl (C=O) groups is 2. The molecule has 2 N–H and O–H groups in total. The van der Waals surface area contributed by atoms with Gasteiger partial charge >= 0.3 is 0 Å². The van der Waals surface area contributed by atoms with Gasteiger partial charge in [-0.15, -0.1) is 0 Å². The Morgan fingerprint density at radius 3 is 2.72 bits per heavy atom. The SMILES string of the molecule is CN1C(=O)[C@H](NC(=O)c2cc(Oc3ccccc3)ccn2)COc2cc(C#CC3(O)COC3)ccc21. The van der Waals surface area contributed by atoms with Crippen molar-refractivity contribution in [1.29, 1.82) is 0 Å². The van der Waals surface area contributed by atoms with Gasteiger partial charge in [-0.2, -0.15) is 0 Å². The first-order valence-corrected chi connectivity index (χ1v) is 11.3. The maximum absolute atomic E-state index is 13.1. The van der Waals surface area contributed by atoms with Crippen LogP contribution in [0.4, 0.5) is 5.69 Å². The van der Waals surface area contributed by atoms with Crippen LogP contribution in [0.25, 0.3) is 0 Å². The minimum absolute atomic E-state index is 0.0726. The van der Waals surface area contributed by atoms with Gasteiger partial charge in [-0.25, -0.2) is 0 Å². The molecule has 36 heavy (non-hydrogen) atoms. The number of aliphatic hydroxyl groups is 1. The molecule has 1 saturated heterocycles. The molecule has 1 fully saturated rings. The summed E-state index contributed by atoms with van der Waals surface area (Å²) < 4.78 is 16.6. The Hall–Kier alpha value is -4.39. The van der Waals surface area contributed by atoms with Crippen LogP contribution in [0.2, 0.25) is 0 Å². The van der Waals surface area contributed by atoms with Gasteiger partial charge in [0.05, 0.1) is 18.9 Å². The number of carbonyl (C=O) groups excluding carboxylic acids is 2. The molecule has 2 amide bonds. The highest BCUT2D eigenvalue weighted by Crippen LogP contribution is 2.31. The molecule has 182 valence electrons. The van der Waals surface area contributed by atoms with Crippen molar-refractivity contribution >= 4 is 17.5 Å². The molecule has 1 atom stereocenters. The summed E-state index contributed by atoms with van der Waals surface area (Å²) in [5.41, 5.74) is 0.144. The van der Waals surface area contributed by atoms with Crippen molar-refractivity contribution in [2.75, 3.05) is 31.8 Å². The Morgan fingerprint density at radius 2 is 1.97 bits per heavy atom. The van der Waals surface area contributed by atoms with Crippen LogP contribution in [0, 0.1) is 11.8 Å². The highest BCUT2D eigenvalue weighted by atomic mass is 16.5. The third-order valence-electron chi connectivity index (χ3n) is 5.72. The van der Waals surface area contributed by atoms with Crippen molar-refractivity contribution in [1.82, 2.24) is 10.3 Å². The van der Waals surface area contributed by atoms with Crippen molar-refractivity contribution in [3.63, 3.8) is 0 Å². The van der Waals surface area contributed by atoms with E-state index >= 15 is 0 Å². The number of para-hydroxylation sites is 1. The summed E-state index contributed by atoms with van der Waals surface area (Å²) in [5.74, 6) is 6.37. The monoisotopic (exact) mass is 485 g/mol. The highest BCUT2D eigenvalue weighted by molar-refractivity contribution is 6.03. The highest BCUT2D eigenvalue weighted by Gasteiger charge is 2.34. The lowest BCUT2D eigenvalue weighted by molar-refractivity contribution is -0.140. The third-order valence-corrected chi connectivity index (χ3v) is 5.72. The van der Waals surface area contributed by atoms with Crippen LogP contribution in [0.1, 0.15) is 16.1 Å². The Morgan fingerprint density at radius 1 is 1.17 bits per heavy atom. The fraction of sp³-hybridized carbons (Fsp3) is 0.222. The summed E-state index contributed by atoms with van der Waals surface area (Å²) in [6.45, 7) is 0.281. The zero-order valence-corrected chi connectivity index (χ0v) is 19.4. The number of ether oxygens (including phenoxy) is 3. The Labute approximate surface area is 207 Å². The number of anilines is 1. The molecule has 2 aliphatic rings. The van der Waals surface area contributed by atoms with Crippen molar-refractivity contribution in [2.45, 2.75) is 11.6 Å². The quantitative estimate of drug-likeness (QED) is 0.545. The summed E-state index contributed by atoms with van der Waals surface area (Å²) in [4.78, 5) is 31.5. The van der Waals surface area contributed by atoms with Crippen LogP contribution >= 0.6 is 0 Å². The van der Waals surface area contributed by atoms with Gasteiger partial charge < -0.3 is 29.5 Å². The van der Waals surface area contributed by atoms with Crippen molar-refractivity contribution < 1.29 is 28.9 Å². The fourth-order valence-corrected chi connectivity index (χ4v) is 3.70. The average Bonchev–Trinajstić information content (AvgIpc) is 2.99. The first-order chi connectivity index (χ1) is 17.4. The first-order valence-electron chi connectivity index (χ1n) is 11.3. The van der Waals surface area contributed by atoms with Crippen molar-refractivity contribution in [3.05, 3.63) is 78.1 Å². The molecule has 0 bridgehead atoms. The normalized spacial score (nSPS) is 17.9. The van der Waals surface area contributed by atoms with E-state index in [4.69, 9.17) is 14.2 Å². The summed E-state index contributed by atoms with van der Waals surface area (Å²) in [7, 11) is 1.61. The number of pyridine rings is 1. The minimum atomic E-state index is -1.13. The standard InChI is InChI=1S/C27H23N3O6/c1-30-23-8-7-18(9-11-27(33)16-34-17-27)13-24(23)35-15-22(26(30)32)29-25(31)21-14-20(10-12-28-21)36-19-5-3-2-4-6-19/h2-8,10,12-14,22,33H,15-17H2,1H3,(H,29,31)/t22-/m1/s1. The van der Waals surface area contributed by atoms with Gasteiger partial charge in [-0.1, -0.05) is 30.0 Å². The number of rotatable bonds is 4. The minimum Gasteiger partial charge on any atom is -0.489 e. The summed E-state index contributed by atoms with van der Waals surface area (Å²) in [5, 5.41) is 12.8. The van der Waals surface area contributed by atoms with Crippen LogP contribution in [-0.2, 0) is 9.53 Å². The number of aromatic nitrogens is 1. The maximum Gasteiger partial charge on any atom is 0.270 e. The molecule has 2 aromatic carbocycles. The van der Waals surface area contributed by atoms with Gasteiger partial charge in [0.2, 0.25) is 0 Å². The molecule has 0 spiro atoms. The number of nitrogens with zero attached hydrogens (tertiary/aromatic N) is 2. The van der Waals surface area contributed by atoms with Gasteiger partial charge in [0.1, 0.15) is 35.6 Å². The van der Waals surface area contributed by atoms with Crippen LogP contribution in [-0.4, -0.2) is 60.4 Å². The van der Waals surface area contributed by atoms with Crippen molar-refractivity contribution in [3.8, 4) is 29.1 Å². The smallest absolute Gasteiger partial charge is 0.270 e. The molecule has 0 saturated carbocycles. The fourth-order valence-electron chi connectivity index (χ4n) is 3.70. The lowest BCUT2D eigenvalue weighted by Gasteiger charge is -2.30. The number of hydrogen-bond acceptors (Lipinski definition) is 7. The molecule has 1 aromatic heterocycles. The van der Waals surface area contributed by atoms with E-state index in [2.05, 4.69) is 22.1 Å². The summed E-state index contributed by atoms with van der Waals surface area (Å²) >= 11 is 0. The Bertz CT molecular complexity index is 1360. The Balaban J connectivity index is 1.28. The number of amides is 2. The molecular weight excluding hydrogens is 462 g/mol. The van der Waals surface area contributed by atoms with Gasteiger partial charge in [0, 0.05) is 24.9 Å². The van der Waals surface area contributed by atoms with Crippen molar-refractivity contribution in [2.24, 2.45) is 0 Å². The molecule has 9 nitrogen and oxygen atoms in total. The van der Waals surface area contributed by atoms with Gasteiger partial charge in [-0.3, -0.25) is 14.6 Å². The summed E-state index contributed by atoms with van der Waals surface area (Å²) in [6, 6.07) is 16.5. The molecule has 0 radical (unpaired) electrons. The first kappa shape index (κ1) is 23.4. The lowest BCUT2D eigenvalue weighted by Crippen LogP contribution is -2.49. The zero-order chi connectivity index (χ0) is 25.1. The number of fused-ring (bicyclic) bond motifs is 1. The molecule has 5 rings (SSSR count). The van der Waals surface area contributed by atoms with Gasteiger partial charge in [0.15, 0.2) is 5.60 Å². The van der Waals surface area contributed by atoms with E-state index in [9.17, 15) is 14.7 Å². The van der Waals surface area contributed by atoms with E-state index in [1.54, 1.807) is 43.4 Å². The van der Waals surface area contributed by atoms with Crippen LogP contribution in [0.5, 0.6) is 17.2 Å².